The molecule has 0 saturated carbocycles. The predicted molar refractivity (Wildman–Crippen MR) is 95.0 cm³/mol. The second-order valence-corrected chi connectivity index (χ2v) is 6.71. The maximum absolute atomic E-state index is 9.23. The van der Waals surface area contributed by atoms with Crippen LogP contribution in [0.25, 0.3) is 15.3 Å². The van der Waals surface area contributed by atoms with E-state index in [1.165, 1.54) is 16.3 Å². The summed E-state index contributed by atoms with van der Waals surface area (Å²) in [6.07, 6.45) is 0. The summed E-state index contributed by atoms with van der Waals surface area (Å²) in [5.74, 6) is 0. The third-order valence-electron chi connectivity index (χ3n) is 3.35. The lowest BCUT2D eigenvalue weighted by molar-refractivity contribution is 0.876. The van der Waals surface area contributed by atoms with Gasteiger partial charge in [0.05, 0.1) is 10.6 Å². The molecule has 2 heterocycles. The minimum Gasteiger partial charge on any atom is -0.364 e. The Morgan fingerprint density at radius 1 is 0.913 bits per heavy atom. The van der Waals surface area contributed by atoms with Gasteiger partial charge in [-0.25, -0.2) is 0 Å². The van der Waals surface area contributed by atoms with Gasteiger partial charge in [0.2, 0.25) is 0 Å². The molecule has 0 amide bonds. The summed E-state index contributed by atoms with van der Waals surface area (Å²) in [5, 5.41) is 28.3. The van der Waals surface area contributed by atoms with Gasteiger partial charge in [-0.1, -0.05) is 0 Å². The van der Waals surface area contributed by atoms with Gasteiger partial charge in [0.15, 0.2) is 0 Å². The average Bonchev–Trinajstić information content (AvgIpc) is 3.23. The van der Waals surface area contributed by atoms with Gasteiger partial charge in [0.1, 0.15) is 23.8 Å². The number of allylic oxidation sites excluding steroid dienone is 2. The molecule has 0 aliphatic carbocycles. The van der Waals surface area contributed by atoms with Crippen molar-refractivity contribution < 1.29 is 0 Å². The Balaban J connectivity index is 2.38. The Labute approximate surface area is 143 Å². The third-order valence-corrected chi connectivity index (χ3v) is 5.79. The van der Waals surface area contributed by atoms with Gasteiger partial charge in [-0.2, -0.15) is 15.8 Å². The van der Waals surface area contributed by atoms with Crippen molar-refractivity contribution in [2.24, 2.45) is 0 Å². The van der Waals surface area contributed by atoms with Crippen molar-refractivity contribution in [1.82, 2.24) is 0 Å². The highest BCUT2D eigenvalue weighted by Crippen LogP contribution is 2.39. The number of rotatable bonds is 5. The van der Waals surface area contributed by atoms with Gasteiger partial charge in [-0.3, -0.25) is 0 Å². The standard InChI is InChI=1S/C17H14N4S2/c1-3-21(4-2)17-8-7-16(23-17)15-6-5-14(22-15)13(11-20)12(9-18)10-19/h5-8H,3-4H2,1-2H3. The lowest BCUT2D eigenvalue weighted by Crippen LogP contribution is -2.20. The molecular formula is C17H14N4S2. The van der Waals surface area contributed by atoms with Crippen molar-refractivity contribution in [3.63, 3.8) is 0 Å². The number of nitrogens with zero attached hydrogens (tertiary/aromatic N) is 4. The average molecular weight is 338 g/mol. The lowest BCUT2D eigenvalue weighted by atomic mass is 10.1. The first-order valence-electron chi connectivity index (χ1n) is 7.08. The molecule has 0 spiro atoms. The molecule has 2 aromatic heterocycles. The van der Waals surface area contributed by atoms with E-state index >= 15 is 0 Å². The molecule has 23 heavy (non-hydrogen) atoms. The zero-order valence-electron chi connectivity index (χ0n) is 12.8. The smallest absolute Gasteiger partial charge is 0.148 e. The molecule has 2 aromatic rings. The van der Waals surface area contributed by atoms with E-state index in [1.54, 1.807) is 29.5 Å². The molecule has 0 unspecified atom stereocenters. The van der Waals surface area contributed by atoms with E-state index in [0.717, 1.165) is 22.8 Å². The summed E-state index contributed by atoms with van der Waals surface area (Å²) in [5.41, 5.74) is 0.00248. The first-order chi connectivity index (χ1) is 11.2. The molecule has 0 radical (unpaired) electrons. The minimum absolute atomic E-state index is 0.143. The number of hydrogen-bond donors (Lipinski definition) is 0. The number of anilines is 1. The van der Waals surface area contributed by atoms with E-state index in [0.29, 0.717) is 4.88 Å². The highest BCUT2D eigenvalue weighted by molar-refractivity contribution is 7.24. The molecule has 0 aliphatic heterocycles. The summed E-state index contributed by atoms with van der Waals surface area (Å²) in [7, 11) is 0. The first-order valence-corrected chi connectivity index (χ1v) is 8.71. The topological polar surface area (TPSA) is 74.6 Å². The van der Waals surface area contributed by atoms with Crippen molar-refractivity contribution in [2.75, 3.05) is 18.0 Å². The van der Waals surface area contributed by atoms with E-state index in [-0.39, 0.29) is 11.1 Å². The van der Waals surface area contributed by atoms with Crippen LogP contribution in [-0.4, -0.2) is 13.1 Å². The summed E-state index contributed by atoms with van der Waals surface area (Å²) >= 11 is 3.13. The van der Waals surface area contributed by atoms with Crippen LogP contribution in [0.3, 0.4) is 0 Å². The fourth-order valence-corrected chi connectivity index (χ4v) is 4.37. The monoisotopic (exact) mass is 338 g/mol. The van der Waals surface area contributed by atoms with Crippen LogP contribution in [0, 0.1) is 34.0 Å². The zero-order valence-corrected chi connectivity index (χ0v) is 14.5. The molecule has 2 rings (SSSR count). The maximum atomic E-state index is 9.23. The van der Waals surface area contributed by atoms with Gasteiger partial charge >= 0.3 is 0 Å². The quantitative estimate of drug-likeness (QED) is 0.744. The summed E-state index contributed by atoms with van der Waals surface area (Å²) in [6.45, 7) is 6.17. The van der Waals surface area contributed by atoms with Gasteiger partial charge in [-0.05, 0) is 38.1 Å². The van der Waals surface area contributed by atoms with Gasteiger partial charge < -0.3 is 4.90 Å². The van der Waals surface area contributed by atoms with Crippen LogP contribution in [0.5, 0.6) is 0 Å². The van der Waals surface area contributed by atoms with Gasteiger partial charge in [-0.15, -0.1) is 22.7 Å². The second-order valence-electron chi connectivity index (χ2n) is 4.56. The van der Waals surface area contributed by atoms with Crippen LogP contribution >= 0.6 is 22.7 Å². The van der Waals surface area contributed by atoms with Crippen molar-refractivity contribution >= 4 is 33.2 Å². The second kappa shape index (κ2) is 7.61. The third kappa shape index (κ3) is 3.43. The molecule has 0 aromatic carbocycles. The Hall–Kier alpha value is -2.59. The molecule has 0 N–H and O–H groups in total. The first kappa shape index (κ1) is 16.8. The van der Waals surface area contributed by atoms with Gasteiger partial charge in [0, 0.05) is 27.7 Å². The van der Waals surface area contributed by atoms with Crippen molar-refractivity contribution in [3.8, 4) is 28.0 Å². The summed E-state index contributed by atoms with van der Waals surface area (Å²) < 4.78 is 0. The van der Waals surface area contributed by atoms with E-state index in [4.69, 9.17) is 10.5 Å². The lowest BCUT2D eigenvalue weighted by Gasteiger charge is -2.17. The van der Waals surface area contributed by atoms with Gasteiger partial charge in [0.25, 0.3) is 0 Å². The van der Waals surface area contributed by atoms with Crippen LogP contribution in [0.1, 0.15) is 18.7 Å². The van der Waals surface area contributed by atoms with Crippen molar-refractivity contribution in [1.29, 1.82) is 15.8 Å². The van der Waals surface area contributed by atoms with Crippen molar-refractivity contribution in [3.05, 3.63) is 34.7 Å². The van der Waals surface area contributed by atoms with Crippen LogP contribution in [0.15, 0.2) is 29.8 Å². The van der Waals surface area contributed by atoms with Crippen molar-refractivity contribution in [2.45, 2.75) is 13.8 Å². The highest BCUT2D eigenvalue weighted by atomic mass is 32.1. The van der Waals surface area contributed by atoms with Crippen LogP contribution in [0.4, 0.5) is 5.00 Å². The molecule has 0 atom stereocenters. The minimum atomic E-state index is -0.143. The Bertz CT molecular complexity index is 832. The van der Waals surface area contributed by atoms with E-state index in [1.807, 2.05) is 12.1 Å². The van der Waals surface area contributed by atoms with Crippen LogP contribution in [0.2, 0.25) is 0 Å². The maximum Gasteiger partial charge on any atom is 0.148 e. The number of nitriles is 3. The Morgan fingerprint density at radius 3 is 2.09 bits per heavy atom. The molecule has 0 fully saturated rings. The molecule has 0 bridgehead atoms. The SMILES string of the molecule is CCN(CC)c1ccc(-c2ccc(C(C#N)=C(C#N)C#N)s2)s1. The predicted octanol–water partition coefficient (Wildman–Crippen LogP) is 4.65. The van der Waals surface area contributed by atoms with Crippen LogP contribution < -0.4 is 4.90 Å². The fourth-order valence-electron chi connectivity index (χ4n) is 2.14. The summed E-state index contributed by atoms with van der Waals surface area (Å²) in [4.78, 5) is 5.09. The molecular weight excluding hydrogens is 324 g/mol. The van der Waals surface area contributed by atoms with E-state index < -0.39 is 0 Å². The molecule has 114 valence electrons. The molecule has 0 aliphatic rings. The largest absolute Gasteiger partial charge is 0.364 e. The number of thiophene rings is 2. The van der Waals surface area contributed by atoms with Crippen LogP contribution in [-0.2, 0) is 0 Å². The number of hydrogen-bond acceptors (Lipinski definition) is 6. The van der Waals surface area contributed by atoms with E-state index in [2.05, 4.69) is 30.9 Å². The highest BCUT2D eigenvalue weighted by Gasteiger charge is 2.14. The molecule has 0 saturated heterocycles. The zero-order chi connectivity index (χ0) is 16.8. The molecule has 4 nitrogen and oxygen atoms in total. The Kier molecular flexibility index (Phi) is 5.55. The molecule has 6 heteroatoms. The Morgan fingerprint density at radius 2 is 1.52 bits per heavy atom. The normalized spacial score (nSPS) is 9.52. The fraction of sp³-hybridized carbons (Fsp3) is 0.235. The van der Waals surface area contributed by atoms with E-state index in [9.17, 15) is 5.26 Å². The summed E-state index contributed by atoms with van der Waals surface area (Å²) in [6, 6.07) is 13.4.